The minimum Gasteiger partial charge on any atom is -0.489 e. The van der Waals surface area contributed by atoms with Crippen molar-refractivity contribution in [1.29, 1.82) is 0 Å². The summed E-state index contributed by atoms with van der Waals surface area (Å²) in [6.07, 6.45) is 0.561. The molecule has 0 radical (unpaired) electrons. The van der Waals surface area contributed by atoms with Gasteiger partial charge in [-0.2, -0.15) is 5.10 Å². The van der Waals surface area contributed by atoms with Crippen LogP contribution in [0.15, 0.2) is 75.3 Å². The molecule has 4 rings (SSSR count). The highest BCUT2D eigenvalue weighted by Gasteiger charge is 2.19. The minimum atomic E-state index is 0.114. The highest BCUT2D eigenvalue weighted by atomic mass is 35.5. The van der Waals surface area contributed by atoms with Gasteiger partial charge < -0.3 is 9.15 Å². The zero-order chi connectivity index (χ0) is 20.9. The number of hydrogen-bond donors (Lipinski definition) is 0. The number of ether oxygens (including phenoxy) is 1. The van der Waals surface area contributed by atoms with Gasteiger partial charge in [0, 0.05) is 17.0 Å². The highest BCUT2D eigenvalue weighted by molar-refractivity contribution is 8.14. The Morgan fingerprint density at radius 2 is 1.90 bits per heavy atom. The number of benzene rings is 2. The van der Waals surface area contributed by atoms with Crippen LogP contribution in [0.2, 0.25) is 5.02 Å². The summed E-state index contributed by atoms with van der Waals surface area (Å²) >= 11 is 7.71. The van der Waals surface area contributed by atoms with Gasteiger partial charge in [-0.3, -0.25) is 4.79 Å². The van der Waals surface area contributed by atoms with Crippen LogP contribution in [0.3, 0.4) is 0 Å². The van der Waals surface area contributed by atoms with Gasteiger partial charge in [-0.1, -0.05) is 41.9 Å². The maximum atomic E-state index is 11.1. The molecule has 3 aromatic rings. The lowest BCUT2D eigenvalue weighted by Crippen LogP contribution is -2.03. The molecular formula is C23H19ClN2O3S. The summed E-state index contributed by atoms with van der Waals surface area (Å²) in [7, 11) is 0. The van der Waals surface area contributed by atoms with E-state index in [4.69, 9.17) is 20.8 Å². The van der Waals surface area contributed by atoms with Crippen LogP contribution in [0.5, 0.6) is 5.75 Å². The average molecular weight is 439 g/mol. The van der Waals surface area contributed by atoms with Crippen molar-refractivity contribution >= 4 is 39.9 Å². The molecule has 2 aromatic carbocycles. The predicted molar refractivity (Wildman–Crippen MR) is 122 cm³/mol. The van der Waals surface area contributed by atoms with Crippen molar-refractivity contribution in [3.63, 3.8) is 0 Å². The fourth-order valence-electron chi connectivity index (χ4n) is 2.91. The molecule has 0 N–H and O–H groups in total. The zero-order valence-electron chi connectivity index (χ0n) is 16.3. The minimum absolute atomic E-state index is 0.114. The molecule has 0 saturated carbocycles. The van der Waals surface area contributed by atoms with Gasteiger partial charge in [0.1, 0.15) is 34.7 Å². The second kappa shape index (κ2) is 9.32. The Bertz CT molecular complexity index is 1120. The fourth-order valence-corrected chi connectivity index (χ4v) is 3.84. The van der Waals surface area contributed by atoms with Gasteiger partial charge in [0.05, 0.1) is 5.75 Å². The summed E-state index contributed by atoms with van der Waals surface area (Å²) in [6.45, 7) is 2.02. The van der Waals surface area contributed by atoms with Crippen LogP contribution >= 0.6 is 23.4 Å². The molecule has 0 fully saturated rings. The van der Waals surface area contributed by atoms with Gasteiger partial charge in [-0.15, -0.1) is 16.9 Å². The fraction of sp³-hybridized carbons (Fsp3) is 0.174. The first-order valence-electron chi connectivity index (χ1n) is 9.40. The smallest absolute Gasteiger partial charge is 0.151 e. The molecule has 0 atom stereocenters. The van der Waals surface area contributed by atoms with Crippen molar-refractivity contribution in [2.24, 2.45) is 10.2 Å². The van der Waals surface area contributed by atoms with Gasteiger partial charge in [-0.25, -0.2) is 0 Å². The van der Waals surface area contributed by atoms with Crippen molar-refractivity contribution in [1.82, 2.24) is 0 Å². The van der Waals surface area contributed by atoms with Crippen molar-refractivity contribution < 1.29 is 13.9 Å². The Morgan fingerprint density at radius 3 is 2.70 bits per heavy atom. The molecule has 0 aliphatic carbocycles. The Hall–Kier alpha value is -2.83. The summed E-state index contributed by atoms with van der Waals surface area (Å²) < 4.78 is 11.9. The SMILES string of the molecule is CC(=O)CSC1=NN=C(c2ccc(-c3cc(Cl)cc(OCc4ccccc4)c3)o2)C1. The van der Waals surface area contributed by atoms with E-state index in [0.717, 1.165) is 21.9 Å². The molecule has 0 amide bonds. The second-order valence-corrected chi connectivity index (χ2v) is 8.31. The number of ketones is 1. The van der Waals surface area contributed by atoms with Gasteiger partial charge in [0.25, 0.3) is 0 Å². The summed E-state index contributed by atoms with van der Waals surface area (Å²) in [6, 6.07) is 19.2. The van der Waals surface area contributed by atoms with E-state index in [1.54, 1.807) is 13.0 Å². The molecular weight excluding hydrogens is 420 g/mol. The Kier molecular flexibility index (Phi) is 6.35. The normalized spacial score (nSPS) is 13.1. The first kappa shape index (κ1) is 20.4. The summed E-state index contributed by atoms with van der Waals surface area (Å²) in [5.41, 5.74) is 2.65. The van der Waals surface area contributed by atoms with Crippen molar-refractivity contribution in [2.75, 3.05) is 5.75 Å². The number of thioether (sulfide) groups is 1. The van der Waals surface area contributed by atoms with Crippen molar-refractivity contribution in [2.45, 2.75) is 20.0 Å². The van der Waals surface area contributed by atoms with E-state index in [2.05, 4.69) is 10.2 Å². The number of hydrogen-bond acceptors (Lipinski definition) is 6. The van der Waals surface area contributed by atoms with E-state index in [1.807, 2.05) is 54.6 Å². The number of rotatable bonds is 7. The molecule has 2 heterocycles. The third-order valence-electron chi connectivity index (χ3n) is 4.34. The lowest BCUT2D eigenvalue weighted by Gasteiger charge is -2.08. The average Bonchev–Trinajstić information content (AvgIpc) is 3.41. The number of halogens is 1. The van der Waals surface area contributed by atoms with E-state index in [9.17, 15) is 4.79 Å². The van der Waals surface area contributed by atoms with Gasteiger partial charge in [0.15, 0.2) is 5.76 Å². The van der Waals surface area contributed by atoms with Gasteiger partial charge >= 0.3 is 0 Å². The number of Topliss-reactive ketones (excluding diaryl/α,β-unsaturated/α-hetero) is 1. The molecule has 0 spiro atoms. The number of carbonyl (C=O) groups is 1. The third kappa shape index (κ3) is 5.20. The Labute approximate surface area is 183 Å². The quantitative estimate of drug-likeness (QED) is 0.453. The van der Waals surface area contributed by atoms with Crippen LogP contribution in [0, 0.1) is 0 Å². The molecule has 1 aromatic heterocycles. The van der Waals surface area contributed by atoms with Crippen LogP contribution in [0.1, 0.15) is 24.7 Å². The molecule has 0 saturated heterocycles. The molecule has 152 valence electrons. The third-order valence-corrected chi connectivity index (χ3v) is 5.67. The van der Waals surface area contributed by atoms with E-state index >= 15 is 0 Å². The second-order valence-electron chi connectivity index (χ2n) is 6.82. The van der Waals surface area contributed by atoms with E-state index in [0.29, 0.717) is 41.1 Å². The highest BCUT2D eigenvalue weighted by Crippen LogP contribution is 2.31. The molecule has 1 aliphatic rings. The first-order chi connectivity index (χ1) is 14.6. The van der Waals surface area contributed by atoms with Crippen LogP contribution < -0.4 is 4.74 Å². The largest absolute Gasteiger partial charge is 0.489 e. The van der Waals surface area contributed by atoms with Gasteiger partial charge in [-0.05, 0) is 42.8 Å². The van der Waals surface area contributed by atoms with E-state index in [1.165, 1.54) is 11.8 Å². The van der Waals surface area contributed by atoms with Crippen LogP contribution in [-0.4, -0.2) is 22.3 Å². The number of carbonyl (C=O) groups excluding carboxylic acids is 1. The van der Waals surface area contributed by atoms with Gasteiger partial charge in [0.2, 0.25) is 0 Å². The van der Waals surface area contributed by atoms with E-state index in [-0.39, 0.29) is 5.78 Å². The molecule has 30 heavy (non-hydrogen) atoms. The van der Waals surface area contributed by atoms with Crippen LogP contribution in [0.25, 0.3) is 11.3 Å². The molecule has 0 bridgehead atoms. The zero-order valence-corrected chi connectivity index (χ0v) is 17.9. The lowest BCUT2D eigenvalue weighted by atomic mass is 10.1. The standard InChI is InChI=1S/C23H19ClN2O3S/c1-15(27)14-30-23-12-20(25-26-23)22-8-7-21(29-22)17-9-18(24)11-19(10-17)28-13-16-5-3-2-4-6-16/h2-11H,12-14H2,1H3. The molecule has 0 unspecified atom stereocenters. The van der Waals surface area contributed by atoms with Crippen molar-refractivity contribution in [3.8, 4) is 17.1 Å². The van der Waals surface area contributed by atoms with Crippen LogP contribution in [0.4, 0.5) is 0 Å². The first-order valence-corrected chi connectivity index (χ1v) is 10.8. The maximum absolute atomic E-state index is 11.1. The molecule has 5 nitrogen and oxygen atoms in total. The topological polar surface area (TPSA) is 64.2 Å². The summed E-state index contributed by atoms with van der Waals surface area (Å²) in [5.74, 6) is 2.51. The molecule has 1 aliphatic heterocycles. The monoisotopic (exact) mass is 438 g/mol. The van der Waals surface area contributed by atoms with Crippen molar-refractivity contribution in [3.05, 3.63) is 77.0 Å². The summed E-state index contributed by atoms with van der Waals surface area (Å²) in [4.78, 5) is 11.1. The summed E-state index contributed by atoms with van der Waals surface area (Å²) in [5, 5.41) is 9.73. The number of nitrogens with zero attached hydrogens (tertiary/aromatic N) is 2. The lowest BCUT2D eigenvalue weighted by molar-refractivity contribution is -0.114. The Morgan fingerprint density at radius 1 is 1.10 bits per heavy atom. The predicted octanol–water partition coefficient (Wildman–Crippen LogP) is 6.01. The van der Waals surface area contributed by atoms with E-state index < -0.39 is 0 Å². The molecule has 7 heteroatoms. The maximum Gasteiger partial charge on any atom is 0.151 e. The van der Waals surface area contributed by atoms with Crippen LogP contribution in [-0.2, 0) is 11.4 Å². The Balaban J connectivity index is 1.44. The number of furan rings is 1.